The molecule has 1 saturated carbocycles. The number of rotatable bonds is 10. The third-order valence-corrected chi connectivity index (χ3v) is 9.86. The zero-order valence-electron chi connectivity index (χ0n) is 28.2. The fourth-order valence-corrected chi connectivity index (χ4v) is 6.74. The average molecular weight is 676 g/mol. The fraction of sp³-hybridized carbons (Fsp3) is 0.316. The van der Waals surface area contributed by atoms with Crippen LogP contribution in [0, 0.1) is 5.82 Å². The molecule has 3 aromatic heterocycles. The summed E-state index contributed by atoms with van der Waals surface area (Å²) < 4.78 is 35.1. The largest absolute Gasteiger partial charge is 0.497 e. The van der Waals surface area contributed by atoms with Gasteiger partial charge < -0.3 is 29.0 Å². The summed E-state index contributed by atoms with van der Waals surface area (Å²) in [6.45, 7) is 2.12. The first-order valence-electron chi connectivity index (χ1n) is 16.9. The highest BCUT2D eigenvalue weighted by molar-refractivity contribution is 6.01. The van der Waals surface area contributed by atoms with Gasteiger partial charge in [-0.25, -0.2) is 19.0 Å². The summed E-state index contributed by atoms with van der Waals surface area (Å²) in [5, 5.41) is 8.65. The van der Waals surface area contributed by atoms with E-state index in [2.05, 4.69) is 34.2 Å². The number of methoxy groups -OCH3 is 1. The second kappa shape index (κ2) is 12.8. The van der Waals surface area contributed by atoms with Crippen molar-refractivity contribution in [3.8, 4) is 17.2 Å². The minimum Gasteiger partial charge on any atom is -0.497 e. The molecule has 8 rings (SSSR count). The first-order chi connectivity index (χ1) is 24.3. The quantitative estimate of drug-likeness (QED) is 0.168. The predicted molar refractivity (Wildman–Crippen MR) is 189 cm³/mol. The molecule has 1 saturated heterocycles. The van der Waals surface area contributed by atoms with Crippen LogP contribution in [0.1, 0.15) is 37.1 Å². The van der Waals surface area contributed by atoms with Crippen LogP contribution in [0.3, 0.4) is 0 Å². The second-order valence-corrected chi connectivity index (χ2v) is 13.3. The van der Waals surface area contributed by atoms with Crippen molar-refractivity contribution in [1.29, 1.82) is 0 Å². The summed E-state index contributed by atoms with van der Waals surface area (Å²) in [6, 6.07) is 21.9. The summed E-state index contributed by atoms with van der Waals surface area (Å²) >= 11 is 0. The molecule has 3 aromatic carbocycles. The number of piperidine rings is 1. The lowest BCUT2D eigenvalue weighted by Crippen LogP contribution is -2.42. The van der Waals surface area contributed by atoms with Gasteiger partial charge in [-0.15, -0.1) is 0 Å². The van der Waals surface area contributed by atoms with Crippen molar-refractivity contribution in [2.45, 2.75) is 43.7 Å². The molecule has 1 N–H and O–H groups in total. The van der Waals surface area contributed by atoms with Crippen LogP contribution in [-0.2, 0) is 16.8 Å². The third-order valence-electron chi connectivity index (χ3n) is 9.86. The lowest BCUT2D eigenvalue weighted by Gasteiger charge is -2.35. The summed E-state index contributed by atoms with van der Waals surface area (Å²) in [6.07, 6.45) is 4.85. The smallest absolute Gasteiger partial charge is 0.239 e. The topological polar surface area (TPSA) is 111 Å². The van der Waals surface area contributed by atoms with E-state index in [0.29, 0.717) is 59.5 Å². The summed E-state index contributed by atoms with van der Waals surface area (Å²) in [5.41, 5.74) is 2.46. The maximum Gasteiger partial charge on any atom is 0.239 e. The predicted octanol–water partition coefficient (Wildman–Crippen LogP) is 6.76. The van der Waals surface area contributed by atoms with Crippen molar-refractivity contribution in [3.05, 3.63) is 96.3 Å². The molecule has 12 heteroatoms. The number of nitrogens with zero attached hydrogens (tertiary/aromatic N) is 6. The van der Waals surface area contributed by atoms with Crippen LogP contribution in [0.4, 0.5) is 15.9 Å². The Hall–Kier alpha value is -5.49. The number of fused-ring (bicyclic) bond motifs is 2. The molecule has 11 nitrogen and oxygen atoms in total. The Bertz CT molecular complexity index is 2150. The standard InChI is InChI=1S/C38H38FN7O4/c1-44(2)26-15-20-45(21-16-26)35-33-32(14-19-40-34(33)46(43-35)23-24-8-11-27(48-3)12-9-24)49-30-13-10-25(22-28(30)39)41-36(47)38(17-18-38)37-42-29-6-4-5-7-31(29)50-37/h4-14,19,22,26H,15-18,20-21,23H2,1-3H3,(H,41,47). The number of ether oxygens (including phenoxy) is 2. The van der Waals surface area contributed by atoms with Gasteiger partial charge >= 0.3 is 0 Å². The number of anilines is 2. The summed E-state index contributed by atoms with van der Waals surface area (Å²) in [7, 11) is 5.87. The summed E-state index contributed by atoms with van der Waals surface area (Å²) in [5.74, 6) is 1.50. The van der Waals surface area contributed by atoms with Crippen LogP contribution in [0.5, 0.6) is 17.2 Å². The van der Waals surface area contributed by atoms with Gasteiger partial charge in [0.1, 0.15) is 27.8 Å². The Balaban J connectivity index is 1.07. The van der Waals surface area contributed by atoms with Crippen LogP contribution in [0.2, 0.25) is 0 Å². The number of amides is 1. The molecule has 50 heavy (non-hydrogen) atoms. The van der Waals surface area contributed by atoms with Gasteiger partial charge in [-0.3, -0.25) is 4.79 Å². The van der Waals surface area contributed by atoms with Crippen molar-refractivity contribution >= 4 is 39.5 Å². The van der Waals surface area contributed by atoms with Crippen molar-refractivity contribution in [1.82, 2.24) is 24.6 Å². The monoisotopic (exact) mass is 675 g/mol. The number of benzene rings is 3. The average Bonchev–Trinajstić information content (AvgIpc) is 3.70. The Morgan fingerprint density at radius 3 is 2.52 bits per heavy atom. The number of carbonyl (C=O) groups excluding carboxylic acids is 1. The minimum absolute atomic E-state index is 0.0238. The van der Waals surface area contributed by atoms with Crippen molar-refractivity contribution in [2.75, 3.05) is 44.5 Å². The van der Waals surface area contributed by atoms with E-state index in [1.165, 1.54) is 12.1 Å². The van der Waals surface area contributed by atoms with Gasteiger partial charge in [0, 0.05) is 43.1 Å². The molecule has 2 aliphatic rings. The number of carbonyl (C=O) groups is 1. The molecule has 4 heterocycles. The highest BCUT2D eigenvalue weighted by Crippen LogP contribution is 2.49. The zero-order chi connectivity index (χ0) is 34.4. The maximum atomic E-state index is 15.7. The SMILES string of the molecule is COc1ccc(Cn2nc(N3CCC(N(C)C)CC3)c3c(Oc4ccc(NC(=O)C5(c6nc7ccccc7o6)CC5)cc4F)ccnc32)cc1. The Morgan fingerprint density at radius 1 is 1.04 bits per heavy atom. The van der Waals surface area contributed by atoms with Crippen LogP contribution in [0.15, 0.2) is 83.4 Å². The number of nitrogens with one attached hydrogen (secondary N) is 1. The molecule has 0 unspecified atom stereocenters. The Labute approximate surface area is 288 Å². The highest BCUT2D eigenvalue weighted by atomic mass is 19.1. The zero-order valence-corrected chi connectivity index (χ0v) is 28.2. The maximum absolute atomic E-state index is 15.7. The molecule has 6 aromatic rings. The molecule has 256 valence electrons. The first-order valence-corrected chi connectivity index (χ1v) is 16.9. The van der Waals surface area contributed by atoms with E-state index in [9.17, 15) is 4.79 Å². The third kappa shape index (κ3) is 5.89. The highest BCUT2D eigenvalue weighted by Gasteiger charge is 2.55. The van der Waals surface area contributed by atoms with E-state index in [1.54, 1.807) is 25.4 Å². The lowest BCUT2D eigenvalue weighted by atomic mass is 10.0. The number of pyridine rings is 1. The number of hydrogen-bond acceptors (Lipinski definition) is 9. The van der Waals surface area contributed by atoms with Crippen molar-refractivity contribution in [3.63, 3.8) is 0 Å². The number of para-hydroxylation sites is 2. The van der Waals surface area contributed by atoms with E-state index in [4.69, 9.17) is 24.0 Å². The van der Waals surface area contributed by atoms with Gasteiger partial charge in [0.25, 0.3) is 0 Å². The molecule has 0 bridgehead atoms. The normalized spacial score (nSPS) is 15.9. The van der Waals surface area contributed by atoms with E-state index in [-0.39, 0.29) is 11.7 Å². The van der Waals surface area contributed by atoms with Crippen molar-refractivity contribution in [2.24, 2.45) is 0 Å². The molecule has 1 aliphatic carbocycles. The van der Waals surface area contributed by atoms with Gasteiger partial charge in [0.15, 0.2) is 28.6 Å². The fourth-order valence-electron chi connectivity index (χ4n) is 6.74. The Kier molecular flexibility index (Phi) is 8.10. The van der Waals surface area contributed by atoms with Gasteiger partial charge in [-0.2, -0.15) is 5.10 Å². The molecular weight excluding hydrogens is 637 g/mol. The van der Waals surface area contributed by atoms with Gasteiger partial charge in [0.05, 0.1) is 13.7 Å². The van der Waals surface area contributed by atoms with E-state index in [1.807, 2.05) is 53.2 Å². The van der Waals surface area contributed by atoms with Gasteiger partial charge in [-0.1, -0.05) is 24.3 Å². The minimum atomic E-state index is -0.864. The van der Waals surface area contributed by atoms with Crippen LogP contribution in [0.25, 0.3) is 22.1 Å². The van der Waals surface area contributed by atoms with E-state index < -0.39 is 11.2 Å². The van der Waals surface area contributed by atoms with E-state index >= 15 is 4.39 Å². The molecule has 2 fully saturated rings. The van der Waals surface area contributed by atoms with E-state index in [0.717, 1.165) is 48.4 Å². The summed E-state index contributed by atoms with van der Waals surface area (Å²) in [4.78, 5) is 27.2. The van der Waals surface area contributed by atoms with Crippen molar-refractivity contribution < 1.29 is 23.1 Å². The number of hydrogen-bond donors (Lipinski definition) is 1. The molecule has 1 aliphatic heterocycles. The van der Waals surface area contributed by atoms with Crippen LogP contribution < -0.4 is 19.7 Å². The lowest BCUT2D eigenvalue weighted by molar-refractivity contribution is -0.119. The number of halogens is 1. The van der Waals surface area contributed by atoms with Crippen LogP contribution >= 0.6 is 0 Å². The van der Waals surface area contributed by atoms with Crippen LogP contribution in [-0.4, -0.2) is 70.9 Å². The first kappa shape index (κ1) is 31.8. The molecule has 0 atom stereocenters. The number of aromatic nitrogens is 4. The second-order valence-electron chi connectivity index (χ2n) is 13.3. The molecule has 0 radical (unpaired) electrons. The molecular formula is C38H38FN7O4. The number of oxazole rings is 1. The van der Waals surface area contributed by atoms with Gasteiger partial charge in [-0.05, 0) is 81.7 Å². The Morgan fingerprint density at radius 2 is 1.82 bits per heavy atom. The molecule has 0 spiro atoms. The molecule has 1 amide bonds. The van der Waals surface area contributed by atoms with Gasteiger partial charge in [0.2, 0.25) is 11.8 Å².